The third kappa shape index (κ3) is 1.97. The van der Waals surface area contributed by atoms with Crippen molar-refractivity contribution in [1.82, 2.24) is 14.5 Å². The predicted molar refractivity (Wildman–Crippen MR) is 62.2 cm³/mol. The largest absolute Gasteiger partial charge is 0.330 e. The lowest BCUT2D eigenvalue weighted by molar-refractivity contribution is 0.512. The molecule has 2 aromatic rings. The number of fused-ring (bicyclic) bond motifs is 1. The number of hydrogen-bond acceptors (Lipinski definition) is 2. The molecule has 3 nitrogen and oxygen atoms in total. The molecule has 0 aliphatic heterocycles. The molecule has 0 amide bonds. The lowest BCUT2D eigenvalue weighted by Crippen LogP contribution is -2.04. The normalized spacial score (nSPS) is 13.3. The van der Waals surface area contributed by atoms with E-state index in [0.717, 1.165) is 17.5 Å². The zero-order chi connectivity index (χ0) is 10.8. The summed E-state index contributed by atoms with van der Waals surface area (Å²) in [4.78, 5) is 8.22. The van der Waals surface area contributed by atoms with Crippen molar-refractivity contribution in [2.45, 2.75) is 32.7 Å². The van der Waals surface area contributed by atoms with Crippen molar-refractivity contribution in [3.05, 3.63) is 23.7 Å². The van der Waals surface area contributed by atoms with Crippen LogP contribution in [0.25, 0.3) is 11.0 Å². The van der Waals surface area contributed by atoms with Gasteiger partial charge in [-0.2, -0.15) is 4.98 Å². The third-order valence-electron chi connectivity index (χ3n) is 2.61. The van der Waals surface area contributed by atoms with Gasteiger partial charge in [0, 0.05) is 23.8 Å². The highest BCUT2D eigenvalue weighted by atomic mass is 35.5. The Morgan fingerprint density at radius 2 is 2.33 bits per heavy atom. The highest BCUT2D eigenvalue weighted by Crippen LogP contribution is 2.21. The summed E-state index contributed by atoms with van der Waals surface area (Å²) in [5, 5.41) is 1.36. The molecule has 0 N–H and O–H groups in total. The average molecular weight is 224 g/mol. The maximum absolute atomic E-state index is 5.79. The van der Waals surface area contributed by atoms with Crippen molar-refractivity contribution >= 4 is 22.6 Å². The van der Waals surface area contributed by atoms with Gasteiger partial charge in [-0.1, -0.05) is 13.3 Å². The summed E-state index contributed by atoms with van der Waals surface area (Å²) in [5.74, 6) is 0. The summed E-state index contributed by atoms with van der Waals surface area (Å²) in [6, 6.07) is 2.48. The second-order valence-electron chi connectivity index (χ2n) is 3.78. The van der Waals surface area contributed by atoms with Crippen LogP contribution < -0.4 is 0 Å². The molecule has 0 bridgehead atoms. The number of halogens is 1. The molecular weight excluding hydrogens is 210 g/mol. The molecule has 2 aromatic heterocycles. The second-order valence-corrected chi connectivity index (χ2v) is 4.12. The summed E-state index contributed by atoms with van der Waals surface area (Å²) in [6.07, 6.45) is 6.13. The van der Waals surface area contributed by atoms with Gasteiger partial charge >= 0.3 is 0 Å². The minimum atomic E-state index is 0.311. The Balaban J connectivity index is 2.47. The van der Waals surface area contributed by atoms with Crippen LogP contribution in [0.1, 0.15) is 32.7 Å². The zero-order valence-electron chi connectivity index (χ0n) is 8.94. The van der Waals surface area contributed by atoms with E-state index in [0.29, 0.717) is 11.3 Å². The minimum absolute atomic E-state index is 0.311. The van der Waals surface area contributed by atoms with Crippen LogP contribution >= 0.6 is 11.6 Å². The maximum Gasteiger partial charge on any atom is 0.224 e. The van der Waals surface area contributed by atoms with E-state index < -0.39 is 0 Å². The molecule has 2 rings (SSSR count). The maximum atomic E-state index is 5.79. The van der Waals surface area contributed by atoms with E-state index in [4.69, 9.17) is 11.6 Å². The van der Waals surface area contributed by atoms with E-state index in [1.807, 2.05) is 6.07 Å². The van der Waals surface area contributed by atoms with Gasteiger partial charge in [0.05, 0.1) is 0 Å². The van der Waals surface area contributed by atoms with Crippen molar-refractivity contribution in [3.8, 4) is 0 Å². The van der Waals surface area contributed by atoms with E-state index in [2.05, 4.69) is 34.6 Å². The Kier molecular flexibility index (Phi) is 2.91. The molecule has 0 aliphatic carbocycles. The van der Waals surface area contributed by atoms with E-state index in [-0.39, 0.29) is 0 Å². The van der Waals surface area contributed by atoms with E-state index in [9.17, 15) is 0 Å². The Morgan fingerprint density at radius 1 is 1.53 bits per heavy atom. The predicted octanol–water partition coefficient (Wildman–Crippen LogP) is 3.45. The Bertz CT molecular complexity index is 464. The standard InChI is InChI=1S/C11H14ClN3/c1-3-4-8(2)15-6-5-9-7-13-11(12)14-10(9)15/h5-8H,3-4H2,1-2H3. The first-order valence-corrected chi connectivity index (χ1v) is 5.59. The third-order valence-corrected chi connectivity index (χ3v) is 2.79. The van der Waals surface area contributed by atoms with Crippen molar-refractivity contribution < 1.29 is 0 Å². The van der Waals surface area contributed by atoms with E-state index in [1.165, 1.54) is 6.42 Å². The smallest absolute Gasteiger partial charge is 0.224 e. The molecule has 1 unspecified atom stereocenters. The van der Waals surface area contributed by atoms with E-state index in [1.54, 1.807) is 6.20 Å². The highest BCUT2D eigenvalue weighted by molar-refractivity contribution is 6.28. The summed E-state index contributed by atoms with van der Waals surface area (Å²) < 4.78 is 2.16. The Morgan fingerprint density at radius 3 is 3.07 bits per heavy atom. The molecule has 15 heavy (non-hydrogen) atoms. The van der Waals surface area contributed by atoms with Crippen LogP contribution in [0.3, 0.4) is 0 Å². The Hall–Kier alpha value is -1.09. The SMILES string of the molecule is CCCC(C)n1ccc2cnc(Cl)nc21. The molecule has 0 radical (unpaired) electrons. The van der Waals surface area contributed by atoms with Crippen molar-refractivity contribution in [1.29, 1.82) is 0 Å². The van der Waals surface area contributed by atoms with Crippen LogP contribution in [0.15, 0.2) is 18.5 Å². The summed E-state index contributed by atoms with van der Waals surface area (Å²) in [6.45, 7) is 4.38. The van der Waals surface area contributed by atoms with Crippen molar-refractivity contribution in [3.63, 3.8) is 0 Å². The van der Waals surface area contributed by atoms with Gasteiger partial charge in [0.15, 0.2) is 0 Å². The quantitative estimate of drug-likeness (QED) is 0.747. The molecular formula is C11H14ClN3. The summed E-state index contributed by atoms with van der Waals surface area (Å²) >= 11 is 5.79. The molecule has 0 aromatic carbocycles. The molecule has 80 valence electrons. The highest BCUT2D eigenvalue weighted by Gasteiger charge is 2.09. The number of rotatable bonds is 3. The topological polar surface area (TPSA) is 30.7 Å². The molecule has 0 saturated carbocycles. The van der Waals surface area contributed by atoms with Gasteiger partial charge in [0.25, 0.3) is 0 Å². The first-order valence-electron chi connectivity index (χ1n) is 5.21. The molecule has 0 aliphatic rings. The van der Waals surface area contributed by atoms with Crippen LogP contribution in [0.4, 0.5) is 0 Å². The zero-order valence-corrected chi connectivity index (χ0v) is 9.70. The van der Waals surface area contributed by atoms with Crippen molar-refractivity contribution in [2.75, 3.05) is 0 Å². The van der Waals surface area contributed by atoms with Gasteiger partial charge in [-0.05, 0) is 31.0 Å². The molecule has 0 saturated heterocycles. The van der Waals surface area contributed by atoms with Gasteiger partial charge in [0.1, 0.15) is 5.65 Å². The molecule has 1 atom stereocenters. The van der Waals surface area contributed by atoms with Crippen LogP contribution in [0.5, 0.6) is 0 Å². The number of hydrogen-bond donors (Lipinski definition) is 0. The van der Waals surface area contributed by atoms with Gasteiger partial charge in [-0.25, -0.2) is 4.98 Å². The van der Waals surface area contributed by atoms with Gasteiger partial charge in [0.2, 0.25) is 5.28 Å². The fraction of sp³-hybridized carbons (Fsp3) is 0.455. The molecule has 4 heteroatoms. The number of aromatic nitrogens is 3. The molecule has 0 fully saturated rings. The molecule has 2 heterocycles. The van der Waals surface area contributed by atoms with Gasteiger partial charge in [-0.15, -0.1) is 0 Å². The van der Waals surface area contributed by atoms with Crippen LogP contribution in [-0.2, 0) is 0 Å². The van der Waals surface area contributed by atoms with E-state index >= 15 is 0 Å². The lowest BCUT2D eigenvalue weighted by atomic mass is 10.2. The Labute approximate surface area is 94.1 Å². The van der Waals surface area contributed by atoms with Gasteiger partial charge < -0.3 is 4.57 Å². The average Bonchev–Trinajstić information content (AvgIpc) is 2.60. The minimum Gasteiger partial charge on any atom is -0.330 e. The van der Waals surface area contributed by atoms with Crippen molar-refractivity contribution in [2.24, 2.45) is 0 Å². The van der Waals surface area contributed by atoms with Crippen LogP contribution in [-0.4, -0.2) is 14.5 Å². The van der Waals surface area contributed by atoms with Gasteiger partial charge in [-0.3, -0.25) is 0 Å². The number of nitrogens with zero attached hydrogens (tertiary/aromatic N) is 3. The summed E-state index contributed by atoms with van der Waals surface area (Å²) in [7, 11) is 0. The monoisotopic (exact) mass is 223 g/mol. The lowest BCUT2D eigenvalue weighted by Gasteiger charge is -2.13. The fourth-order valence-electron chi connectivity index (χ4n) is 1.83. The first kappa shape index (κ1) is 10.4. The summed E-state index contributed by atoms with van der Waals surface area (Å²) in [5.41, 5.74) is 0.927. The van der Waals surface area contributed by atoms with Crippen LogP contribution in [0, 0.1) is 0 Å². The molecule has 0 spiro atoms. The first-order chi connectivity index (χ1) is 7.22. The second kappa shape index (κ2) is 4.19. The van der Waals surface area contributed by atoms with Crippen LogP contribution in [0.2, 0.25) is 5.28 Å². The fourth-order valence-corrected chi connectivity index (χ4v) is 1.96.